The summed E-state index contributed by atoms with van der Waals surface area (Å²) in [6.45, 7) is 2.03. The first-order valence-electron chi connectivity index (χ1n) is 10.5. The number of halogens is 2. The highest BCUT2D eigenvalue weighted by atomic mass is 35.5. The van der Waals surface area contributed by atoms with E-state index in [0.717, 1.165) is 36.8 Å². The van der Waals surface area contributed by atoms with Crippen LogP contribution in [0.25, 0.3) is 0 Å². The minimum absolute atomic E-state index is 0.112. The summed E-state index contributed by atoms with van der Waals surface area (Å²) in [6.07, 6.45) is 5.72. The van der Waals surface area contributed by atoms with Gasteiger partial charge in [0.25, 0.3) is 0 Å². The number of carbonyl (C=O) groups excluding carboxylic acids is 2. The zero-order valence-corrected chi connectivity index (χ0v) is 18.8. The Bertz CT molecular complexity index is 867. The Hall–Kier alpha value is -2.04. The highest BCUT2D eigenvalue weighted by Crippen LogP contribution is 2.24. The van der Waals surface area contributed by atoms with Gasteiger partial charge in [-0.1, -0.05) is 78.9 Å². The minimum atomic E-state index is -0.602. The first kappa shape index (κ1) is 22.6. The van der Waals surface area contributed by atoms with E-state index in [1.165, 1.54) is 6.42 Å². The van der Waals surface area contributed by atoms with E-state index in [1.54, 1.807) is 30.0 Å². The summed E-state index contributed by atoms with van der Waals surface area (Å²) < 4.78 is 0. The van der Waals surface area contributed by atoms with E-state index in [4.69, 9.17) is 23.2 Å². The molecule has 6 heteroatoms. The van der Waals surface area contributed by atoms with Gasteiger partial charge in [0.05, 0.1) is 6.42 Å². The van der Waals surface area contributed by atoms with Gasteiger partial charge in [-0.15, -0.1) is 0 Å². The van der Waals surface area contributed by atoms with E-state index in [2.05, 4.69) is 5.32 Å². The Labute approximate surface area is 188 Å². The second kappa shape index (κ2) is 10.8. The van der Waals surface area contributed by atoms with Gasteiger partial charge in [0.15, 0.2) is 0 Å². The third-order valence-corrected chi connectivity index (χ3v) is 6.26. The van der Waals surface area contributed by atoms with E-state index in [-0.39, 0.29) is 30.8 Å². The van der Waals surface area contributed by atoms with Gasteiger partial charge in [-0.05, 0) is 43.0 Å². The van der Waals surface area contributed by atoms with Crippen LogP contribution in [-0.2, 0) is 22.6 Å². The van der Waals surface area contributed by atoms with Crippen molar-refractivity contribution in [2.24, 2.45) is 0 Å². The van der Waals surface area contributed by atoms with Crippen molar-refractivity contribution in [3.63, 3.8) is 0 Å². The Morgan fingerprint density at radius 2 is 1.77 bits per heavy atom. The molecule has 2 aromatic rings. The monoisotopic (exact) mass is 446 g/mol. The third-order valence-electron chi connectivity index (χ3n) is 5.67. The fourth-order valence-electron chi connectivity index (χ4n) is 3.86. The van der Waals surface area contributed by atoms with Crippen LogP contribution in [-0.4, -0.2) is 28.8 Å². The molecule has 30 heavy (non-hydrogen) atoms. The number of hydrogen-bond donors (Lipinski definition) is 1. The molecule has 1 fully saturated rings. The van der Waals surface area contributed by atoms with E-state index >= 15 is 0 Å². The number of amides is 2. The van der Waals surface area contributed by atoms with Crippen LogP contribution in [0.3, 0.4) is 0 Å². The number of hydrogen-bond acceptors (Lipinski definition) is 2. The lowest BCUT2D eigenvalue weighted by Gasteiger charge is -2.31. The predicted molar refractivity (Wildman–Crippen MR) is 122 cm³/mol. The van der Waals surface area contributed by atoms with Crippen LogP contribution in [0.15, 0.2) is 48.5 Å². The van der Waals surface area contributed by atoms with Crippen molar-refractivity contribution >= 4 is 35.0 Å². The molecule has 1 aliphatic carbocycles. The average molecular weight is 447 g/mol. The molecule has 1 N–H and O–H groups in total. The fraction of sp³-hybridized carbons (Fsp3) is 0.417. The number of carbonyl (C=O) groups is 2. The smallest absolute Gasteiger partial charge is 0.242 e. The van der Waals surface area contributed by atoms with Crippen LogP contribution < -0.4 is 5.32 Å². The van der Waals surface area contributed by atoms with Gasteiger partial charge in [-0.3, -0.25) is 9.59 Å². The van der Waals surface area contributed by atoms with E-state index in [0.29, 0.717) is 10.0 Å². The van der Waals surface area contributed by atoms with Gasteiger partial charge in [0.2, 0.25) is 11.8 Å². The minimum Gasteiger partial charge on any atom is -0.352 e. The standard InChI is InChI=1S/C24H28Cl2N2O2/c1-17(24(30)27-21-10-6-3-7-11-21)28(16-19-12-13-20(25)15-22(19)26)23(29)14-18-8-4-2-5-9-18/h2,4-5,8-9,12-13,15,17,21H,3,6-7,10-11,14,16H2,1H3,(H,27,30). The fourth-order valence-corrected chi connectivity index (χ4v) is 4.33. The first-order chi connectivity index (χ1) is 14.4. The lowest BCUT2D eigenvalue weighted by Crippen LogP contribution is -2.50. The molecule has 0 saturated heterocycles. The van der Waals surface area contributed by atoms with Crippen molar-refractivity contribution in [3.8, 4) is 0 Å². The number of rotatable bonds is 7. The summed E-state index contributed by atoms with van der Waals surface area (Å²) in [7, 11) is 0. The Kier molecular flexibility index (Phi) is 8.17. The molecule has 1 unspecified atom stereocenters. The maximum Gasteiger partial charge on any atom is 0.242 e. The molecule has 3 rings (SSSR count). The molecule has 0 radical (unpaired) electrons. The van der Waals surface area contributed by atoms with Gasteiger partial charge in [-0.25, -0.2) is 0 Å². The van der Waals surface area contributed by atoms with Gasteiger partial charge in [0, 0.05) is 22.6 Å². The SMILES string of the molecule is CC(C(=O)NC1CCCCC1)N(Cc1ccc(Cl)cc1Cl)C(=O)Cc1ccccc1. The second-order valence-corrected chi connectivity index (χ2v) is 8.78. The van der Waals surface area contributed by atoms with E-state index in [9.17, 15) is 9.59 Å². The molecule has 0 aromatic heterocycles. The molecular weight excluding hydrogens is 419 g/mol. The van der Waals surface area contributed by atoms with Crippen molar-refractivity contribution in [2.75, 3.05) is 0 Å². The van der Waals surface area contributed by atoms with Gasteiger partial charge in [0.1, 0.15) is 6.04 Å². The molecule has 0 bridgehead atoms. The zero-order chi connectivity index (χ0) is 21.5. The second-order valence-electron chi connectivity index (χ2n) is 7.94. The Morgan fingerprint density at radius 1 is 1.07 bits per heavy atom. The quantitative estimate of drug-likeness (QED) is 0.618. The summed E-state index contributed by atoms with van der Waals surface area (Å²) in [4.78, 5) is 27.8. The van der Waals surface area contributed by atoms with Crippen LogP contribution in [0.2, 0.25) is 10.0 Å². The summed E-state index contributed by atoms with van der Waals surface area (Å²) in [5, 5.41) is 4.16. The van der Waals surface area contributed by atoms with Crippen LogP contribution in [0.4, 0.5) is 0 Å². The highest BCUT2D eigenvalue weighted by Gasteiger charge is 2.28. The molecule has 1 atom stereocenters. The maximum atomic E-state index is 13.2. The topological polar surface area (TPSA) is 49.4 Å². The van der Waals surface area contributed by atoms with Crippen molar-refractivity contribution in [1.29, 1.82) is 0 Å². The first-order valence-corrected chi connectivity index (χ1v) is 11.3. The van der Waals surface area contributed by atoms with E-state index < -0.39 is 6.04 Å². The number of nitrogens with zero attached hydrogens (tertiary/aromatic N) is 1. The Morgan fingerprint density at radius 3 is 2.43 bits per heavy atom. The van der Waals surface area contributed by atoms with Crippen LogP contribution in [0.1, 0.15) is 50.2 Å². The summed E-state index contributed by atoms with van der Waals surface area (Å²) >= 11 is 12.4. The molecule has 1 saturated carbocycles. The maximum absolute atomic E-state index is 13.2. The predicted octanol–water partition coefficient (Wildman–Crippen LogP) is 5.40. The molecule has 2 aromatic carbocycles. The molecule has 2 amide bonds. The van der Waals surface area contributed by atoms with Crippen molar-refractivity contribution in [3.05, 3.63) is 69.7 Å². The van der Waals surface area contributed by atoms with Crippen LogP contribution >= 0.6 is 23.2 Å². The molecule has 0 spiro atoms. The molecule has 4 nitrogen and oxygen atoms in total. The molecule has 0 aliphatic heterocycles. The summed E-state index contributed by atoms with van der Waals surface area (Å²) in [5.41, 5.74) is 1.68. The Balaban J connectivity index is 1.77. The van der Waals surface area contributed by atoms with Crippen molar-refractivity contribution in [1.82, 2.24) is 10.2 Å². The number of nitrogens with one attached hydrogen (secondary N) is 1. The zero-order valence-electron chi connectivity index (χ0n) is 17.2. The van der Waals surface area contributed by atoms with Crippen LogP contribution in [0.5, 0.6) is 0 Å². The van der Waals surface area contributed by atoms with Crippen molar-refractivity contribution in [2.45, 2.75) is 64.1 Å². The highest BCUT2D eigenvalue weighted by molar-refractivity contribution is 6.35. The van der Waals surface area contributed by atoms with Crippen molar-refractivity contribution < 1.29 is 9.59 Å². The largest absolute Gasteiger partial charge is 0.352 e. The number of benzene rings is 2. The molecule has 1 aliphatic rings. The average Bonchev–Trinajstić information content (AvgIpc) is 2.74. The molecular formula is C24H28Cl2N2O2. The normalized spacial score (nSPS) is 15.4. The lowest BCUT2D eigenvalue weighted by molar-refractivity contribution is -0.140. The third kappa shape index (κ3) is 6.23. The molecule has 160 valence electrons. The van der Waals surface area contributed by atoms with Gasteiger partial charge >= 0.3 is 0 Å². The summed E-state index contributed by atoms with van der Waals surface area (Å²) in [6, 6.07) is 14.4. The van der Waals surface area contributed by atoms with Gasteiger partial charge < -0.3 is 10.2 Å². The lowest BCUT2D eigenvalue weighted by atomic mass is 9.95. The molecule has 0 heterocycles. The van der Waals surface area contributed by atoms with Crippen LogP contribution in [0, 0.1) is 0 Å². The summed E-state index contributed by atoms with van der Waals surface area (Å²) in [5.74, 6) is -0.230. The van der Waals surface area contributed by atoms with Gasteiger partial charge in [-0.2, -0.15) is 0 Å². The van der Waals surface area contributed by atoms with E-state index in [1.807, 2.05) is 30.3 Å².